The van der Waals surface area contributed by atoms with Crippen molar-refractivity contribution in [1.82, 2.24) is 0 Å². The summed E-state index contributed by atoms with van der Waals surface area (Å²) < 4.78 is 0. The van der Waals surface area contributed by atoms with Gasteiger partial charge in [-0.05, 0) is 48.0 Å². The summed E-state index contributed by atoms with van der Waals surface area (Å²) in [4.78, 5) is 0. The van der Waals surface area contributed by atoms with Gasteiger partial charge in [0.15, 0.2) is 0 Å². The van der Waals surface area contributed by atoms with Crippen LogP contribution in [-0.4, -0.2) is 5.71 Å². The minimum atomic E-state index is 0.0692. The van der Waals surface area contributed by atoms with Crippen LogP contribution in [0.3, 0.4) is 0 Å². The van der Waals surface area contributed by atoms with E-state index in [4.69, 9.17) is 39.9 Å². The average Bonchev–Trinajstić information content (AvgIpc) is 3.08. The third-order valence-electron chi connectivity index (χ3n) is 4.44. The number of anilines is 1. The predicted octanol–water partition coefficient (Wildman–Crippen LogP) is 7.00. The van der Waals surface area contributed by atoms with E-state index in [0.29, 0.717) is 10.0 Å². The first kappa shape index (κ1) is 17.4. The molecule has 0 saturated heterocycles. The van der Waals surface area contributed by atoms with Gasteiger partial charge in [-0.1, -0.05) is 65.1 Å². The molecular formula is C21H15Cl3N2. The molecule has 0 spiro atoms. The summed E-state index contributed by atoms with van der Waals surface area (Å²) in [5, 5.41) is 9.04. The zero-order valence-corrected chi connectivity index (χ0v) is 16.0. The Hall–Kier alpha value is -2.00. The highest BCUT2D eigenvalue weighted by molar-refractivity contribution is 6.34. The van der Waals surface area contributed by atoms with Crippen molar-refractivity contribution in [3.63, 3.8) is 0 Å². The van der Waals surface area contributed by atoms with E-state index < -0.39 is 0 Å². The third-order valence-corrected chi connectivity index (χ3v) is 5.27. The molecule has 0 radical (unpaired) electrons. The van der Waals surface area contributed by atoms with Crippen molar-refractivity contribution in [3.05, 3.63) is 99.0 Å². The molecule has 0 amide bonds. The minimum absolute atomic E-state index is 0.0692. The molecule has 5 heteroatoms. The van der Waals surface area contributed by atoms with Crippen molar-refractivity contribution in [2.24, 2.45) is 5.10 Å². The highest BCUT2D eigenvalue weighted by Crippen LogP contribution is 2.38. The second-order valence-corrected chi connectivity index (χ2v) is 7.40. The first-order valence-electron chi connectivity index (χ1n) is 8.24. The molecule has 2 nitrogen and oxygen atoms in total. The molecule has 130 valence electrons. The molecule has 3 aromatic carbocycles. The molecule has 0 unspecified atom stereocenters. The second-order valence-electron chi connectivity index (χ2n) is 6.12. The maximum Gasteiger partial charge on any atom is 0.0831 e. The smallest absolute Gasteiger partial charge is 0.0831 e. The van der Waals surface area contributed by atoms with Gasteiger partial charge in [-0.25, -0.2) is 0 Å². The summed E-state index contributed by atoms with van der Waals surface area (Å²) in [6, 6.07) is 23.5. The van der Waals surface area contributed by atoms with Crippen molar-refractivity contribution >= 4 is 46.2 Å². The zero-order chi connectivity index (χ0) is 18.1. The molecule has 0 saturated carbocycles. The summed E-state index contributed by atoms with van der Waals surface area (Å²) >= 11 is 18.5. The van der Waals surface area contributed by atoms with E-state index in [1.807, 2.05) is 77.8 Å². The van der Waals surface area contributed by atoms with Crippen molar-refractivity contribution in [2.45, 2.75) is 12.5 Å². The number of hydrogen-bond acceptors (Lipinski definition) is 2. The van der Waals surface area contributed by atoms with Crippen LogP contribution in [0.1, 0.15) is 23.6 Å². The van der Waals surface area contributed by atoms with Crippen molar-refractivity contribution in [2.75, 3.05) is 5.01 Å². The average molecular weight is 402 g/mol. The van der Waals surface area contributed by atoms with E-state index >= 15 is 0 Å². The lowest BCUT2D eigenvalue weighted by atomic mass is 9.98. The van der Waals surface area contributed by atoms with Crippen LogP contribution < -0.4 is 5.01 Å². The molecule has 1 aliphatic rings. The van der Waals surface area contributed by atoms with Crippen LogP contribution in [0.25, 0.3) is 0 Å². The summed E-state index contributed by atoms with van der Waals surface area (Å²) in [5.74, 6) is 0. The summed E-state index contributed by atoms with van der Waals surface area (Å²) in [5.41, 5.74) is 4.06. The molecule has 26 heavy (non-hydrogen) atoms. The Labute approximate surface area is 167 Å². The van der Waals surface area contributed by atoms with Crippen LogP contribution in [0.2, 0.25) is 15.1 Å². The normalized spacial score (nSPS) is 16.7. The van der Waals surface area contributed by atoms with Gasteiger partial charge in [-0.2, -0.15) is 5.10 Å². The molecule has 0 aliphatic carbocycles. The van der Waals surface area contributed by atoms with Gasteiger partial charge in [0.1, 0.15) is 0 Å². The number of hydrazone groups is 1. The Balaban J connectivity index is 1.77. The summed E-state index contributed by atoms with van der Waals surface area (Å²) in [6.45, 7) is 0. The Morgan fingerprint density at radius 1 is 0.769 bits per heavy atom. The van der Waals surface area contributed by atoms with Gasteiger partial charge >= 0.3 is 0 Å². The van der Waals surface area contributed by atoms with Crippen LogP contribution in [-0.2, 0) is 0 Å². The van der Waals surface area contributed by atoms with E-state index in [1.165, 1.54) is 0 Å². The molecule has 0 N–H and O–H groups in total. The maximum absolute atomic E-state index is 6.40. The van der Waals surface area contributed by atoms with Gasteiger partial charge in [0.25, 0.3) is 0 Å². The standard InChI is InChI=1S/C21H15Cl3N2/c22-15-7-5-14(6-8-15)21-13-20(18-3-1-2-4-19(18)24)25-26(21)17-11-9-16(23)10-12-17/h1-12,21H,13H2/t21-/m0/s1. The Kier molecular flexibility index (Phi) is 4.90. The van der Waals surface area contributed by atoms with Crippen LogP contribution in [0.4, 0.5) is 5.69 Å². The highest BCUT2D eigenvalue weighted by Gasteiger charge is 2.30. The van der Waals surface area contributed by atoms with Crippen molar-refractivity contribution in [1.29, 1.82) is 0 Å². The van der Waals surface area contributed by atoms with E-state index in [-0.39, 0.29) is 6.04 Å². The topological polar surface area (TPSA) is 15.6 Å². The fourth-order valence-corrected chi connectivity index (χ4v) is 3.64. The van der Waals surface area contributed by atoms with Crippen molar-refractivity contribution < 1.29 is 0 Å². The molecular weight excluding hydrogens is 387 g/mol. The lowest BCUT2D eigenvalue weighted by Gasteiger charge is -2.24. The van der Waals surface area contributed by atoms with Crippen LogP contribution in [0.5, 0.6) is 0 Å². The highest BCUT2D eigenvalue weighted by atomic mass is 35.5. The van der Waals surface area contributed by atoms with Crippen molar-refractivity contribution in [3.8, 4) is 0 Å². The second kappa shape index (κ2) is 7.32. The molecule has 1 atom stereocenters. The molecule has 0 fully saturated rings. The molecule has 4 rings (SSSR count). The molecule has 0 bridgehead atoms. The predicted molar refractivity (Wildman–Crippen MR) is 111 cm³/mol. The van der Waals surface area contributed by atoms with E-state index in [9.17, 15) is 0 Å². The zero-order valence-electron chi connectivity index (χ0n) is 13.7. The Morgan fingerprint density at radius 3 is 2.04 bits per heavy atom. The van der Waals surface area contributed by atoms with E-state index in [2.05, 4.69) is 0 Å². The molecule has 1 heterocycles. The number of benzene rings is 3. The number of hydrogen-bond donors (Lipinski definition) is 0. The maximum atomic E-state index is 6.40. The van der Waals surface area contributed by atoms with Crippen LogP contribution >= 0.6 is 34.8 Å². The monoisotopic (exact) mass is 400 g/mol. The molecule has 0 aromatic heterocycles. The lowest BCUT2D eigenvalue weighted by molar-refractivity contribution is 0.709. The molecule has 3 aromatic rings. The Bertz CT molecular complexity index is 950. The van der Waals surface area contributed by atoms with Gasteiger partial charge in [0.05, 0.1) is 17.4 Å². The van der Waals surface area contributed by atoms with E-state index in [0.717, 1.165) is 34.0 Å². The Morgan fingerprint density at radius 2 is 1.38 bits per heavy atom. The van der Waals surface area contributed by atoms with Crippen LogP contribution in [0.15, 0.2) is 77.9 Å². The first-order chi connectivity index (χ1) is 12.6. The van der Waals surface area contributed by atoms with Gasteiger partial charge in [0, 0.05) is 27.1 Å². The molecule has 1 aliphatic heterocycles. The van der Waals surface area contributed by atoms with Gasteiger partial charge in [-0.15, -0.1) is 0 Å². The fraction of sp³-hybridized carbons (Fsp3) is 0.0952. The number of rotatable bonds is 3. The number of halogens is 3. The summed E-state index contributed by atoms with van der Waals surface area (Å²) in [6.07, 6.45) is 0.758. The van der Waals surface area contributed by atoms with Gasteiger partial charge in [0.2, 0.25) is 0 Å². The first-order valence-corrected chi connectivity index (χ1v) is 9.38. The lowest BCUT2D eigenvalue weighted by Crippen LogP contribution is -2.18. The quantitative estimate of drug-likeness (QED) is 0.461. The third kappa shape index (κ3) is 3.45. The van der Waals surface area contributed by atoms with Gasteiger partial charge < -0.3 is 0 Å². The van der Waals surface area contributed by atoms with Crippen LogP contribution in [0, 0.1) is 0 Å². The SMILES string of the molecule is Clc1ccc([C@@H]2CC(c3ccccc3Cl)=NN2c2ccc(Cl)cc2)cc1. The minimum Gasteiger partial charge on any atom is -0.257 e. The summed E-state index contributed by atoms with van der Waals surface area (Å²) in [7, 11) is 0. The van der Waals surface area contributed by atoms with Gasteiger partial charge in [-0.3, -0.25) is 5.01 Å². The number of nitrogens with zero attached hydrogens (tertiary/aromatic N) is 2. The largest absolute Gasteiger partial charge is 0.257 e. The van der Waals surface area contributed by atoms with E-state index in [1.54, 1.807) is 0 Å². The fourth-order valence-electron chi connectivity index (χ4n) is 3.14.